The second-order valence-corrected chi connectivity index (χ2v) is 3.37. The maximum absolute atomic E-state index is 12.5. The van der Waals surface area contributed by atoms with Crippen molar-refractivity contribution < 1.29 is 17.7 Å². The molecule has 0 amide bonds. The third kappa shape index (κ3) is 1.83. The Labute approximate surface area is 92.2 Å². The number of aromatic nitrogens is 4. The van der Waals surface area contributed by atoms with E-state index in [0.717, 1.165) is 17.7 Å². The lowest BCUT2D eigenvalue weighted by Gasteiger charge is -2.04. The predicted molar refractivity (Wildman–Crippen MR) is 48.9 cm³/mol. The summed E-state index contributed by atoms with van der Waals surface area (Å²) in [6, 6.07) is 0.803. The van der Waals surface area contributed by atoms with E-state index in [0.29, 0.717) is 4.68 Å². The van der Waals surface area contributed by atoms with E-state index in [1.165, 1.54) is 7.05 Å². The molecular formula is C8H7F3N4O2. The molecule has 0 saturated heterocycles. The Morgan fingerprint density at radius 2 is 2.00 bits per heavy atom. The van der Waals surface area contributed by atoms with Crippen molar-refractivity contribution >= 4 is 0 Å². The molecule has 92 valence electrons. The quantitative estimate of drug-likeness (QED) is 0.748. The Kier molecular flexibility index (Phi) is 2.33. The van der Waals surface area contributed by atoms with Gasteiger partial charge in [0.15, 0.2) is 0 Å². The Morgan fingerprint density at radius 3 is 2.41 bits per heavy atom. The van der Waals surface area contributed by atoms with E-state index in [2.05, 4.69) is 14.8 Å². The first-order valence-electron chi connectivity index (χ1n) is 4.45. The molecule has 17 heavy (non-hydrogen) atoms. The van der Waals surface area contributed by atoms with Crippen LogP contribution in [0.1, 0.15) is 5.69 Å². The standard InChI is InChI=1S/C8H7F3N4O2/c1-14-6(13-17-7(14)16)4-3-5(8(9,10)11)15(2)12-4/h3H,1-2H3. The fraction of sp³-hybridized carbons (Fsp3) is 0.375. The Bertz CT molecular complexity index is 607. The molecule has 0 bridgehead atoms. The molecule has 0 fully saturated rings. The third-order valence-corrected chi connectivity index (χ3v) is 2.20. The minimum absolute atomic E-state index is 0.0545. The van der Waals surface area contributed by atoms with Gasteiger partial charge < -0.3 is 0 Å². The highest BCUT2D eigenvalue weighted by atomic mass is 19.4. The van der Waals surface area contributed by atoms with Crippen molar-refractivity contribution in [2.45, 2.75) is 6.18 Å². The number of aryl methyl sites for hydroxylation is 1. The van der Waals surface area contributed by atoms with E-state index >= 15 is 0 Å². The number of nitrogens with zero attached hydrogens (tertiary/aromatic N) is 4. The van der Waals surface area contributed by atoms with Gasteiger partial charge >= 0.3 is 11.9 Å². The summed E-state index contributed by atoms with van der Waals surface area (Å²) >= 11 is 0. The average molecular weight is 248 g/mol. The van der Waals surface area contributed by atoms with E-state index in [4.69, 9.17) is 0 Å². The van der Waals surface area contributed by atoms with Crippen LogP contribution in [-0.2, 0) is 20.3 Å². The van der Waals surface area contributed by atoms with Crippen LogP contribution in [0.4, 0.5) is 13.2 Å². The van der Waals surface area contributed by atoms with Crippen LogP contribution < -0.4 is 5.76 Å². The molecule has 0 saturated carbocycles. The first kappa shape index (κ1) is 11.4. The molecule has 0 aromatic carbocycles. The normalized spacial score (nSPS) is 12.1. The van der Waals surface area contributed by atoms with Crippen molar-refractivity contribution in [2.24, 2.45) is 14.1 Å². The van der Waals surface area contributed by atoms with Crippen LogP contribution in [0.15, 0.2) is 15.4 Å². The van der Waals surface area contributed by atoms with Gasteiger partial charge in [-0.3, -0.25) is 13.8 Å². The second-order valence-electron chi connectivity index (χ2n) is 3.37. The first-order chi connectivity index (χ1) is 7.80. The smallest absolute Gasteiger partial charge is 0.295 e. The Balaban J connectivity index is 2.56. The molecule has 0 aliphatic heterocycles. The van der Waals surface area contributed by atoms with Gasteiger partial charge in [-0.25, -0.2) is 4.79 Å². The van der Waals surface area contributed by atoms with Crippen molar-refractivity contribution in [3.8, 4) is 11.5 Å². The summed E-state index contributed by atoms with van der Waals surface area (Å²) in [6.07, 6.45) is -4.51. The van der Waals surface area contributed by atoms with Crippen molar-refractivity contribution in [3.05, 3.63) is 22.3 Å². The summed E-state index contributed by atoms with van der Waals surface area (Å²) in [5, 5.41) is 6.99. The van der Waals surface area contributed by atoms with E-state index in [-0.39, 0.29) is 11.5 Å². The minimum atomic E-state index is -4.51. The van der Waals surface area contributed by atoms with Gasteiger partial charge in [-0.2, -0.15) is 18.3 Å². The molecule has 9 heteroatoms. The van der Waals surface area contributed by atoms with Gasteiger partial charge in [0.1, 0.15) is 11.4 Å². The molecule has 0 unspecified atom stereocenters. The molecule has 2 rings (SSSR count). The zero-order valence-electron chi connectivity index (χ0n) is 8.82. The summed E-state index contributed by atoms with van der Waals surface area (Å²) in [5.41, 5.74) is -1.00. The van der Waals surface area contributed by atoms with Gasteiger partial charge in [-0.15, -0.1) is 0 Å². The lowest BCUT2D eigenvalue weighted by molar-refractivity contribution is -0.143. The van der Waals surface area contributed by atoms with E-state index < -0.39 is 17.6 Å². The predicted octanol–water partition coefficient (Wildman–Crippen LogP) is 0.793. The van der Waals surface area contributed by atoms with Crippen molar-refractivity contribution in [1.29, 1.82) is 0 Å². The van der Waals surface area contributed by atoms with E-state index in [9.17, 15) is 18.0 Å². The molecule has 0 spiro atoms. The Morgan fingerprint density at radius 1 is 1.35 bits per heavy atom. The number of rotatable bonds is 1. The summed E-state index contributed by atoms with van der Waals surface area (Å²) < 4.78 is 43.5. The van der Waals surface area contributed by atoms with Gasteiger partial charge in [0, 0.05) is 14.1 Å². The SMILES string of the molecule is Cn1nc(-c2noc(=O)n2C)cc1C(F)(F)F. The fourth-order valence-electron chi connectivity index (χ4n) is 1.35. The lowest BCUT2D eigenvalue weighted by atomic mass is 10.3. The largest absolute Gasteiger partial charge is 0.441 e. The van der Waals surface area contributed by atoms with Crippen LogP contribution in [0.2, 0.25) is 0 Å². The second kappa shape index (κ2) is 3.47. The van der Waals surface area contributed by atoms with Crippen molar-refractivity contribution in [2.75, 3.05) is 0 Å². The summed E-state index contributed by atoms with van der Waals surface area (Å²) in [5.74, 6) is -0.819. The molecule has 0 radical (unpaired) electrons. The summed E-state index contributed by atoms with van der Waals surface area (Å²) in [4.78, 5) is 11.0. The van der Waals surface area contributed by atoms with Gasteiger partial charge in [-0.1, -0.05) is 5.16 Å². The summed E-state index contributed by atoms with van der Waals surface area (Å²) in [6.45, 7) is 0. The summed E-state index contributed by atoms with van der Waals surface area (Å²) in [7, 11) is 2.49. The average Bonchev–Trinajstić information content (AvgIpc) is 2.72. The molecule has 0 aliphatic carbocycles. The molecule has 2 heterocycles. The third-order valence-electron chi connectivity index (χ3n) is 2.20. The van der Waals surface area contributed by atoms with Crippen molar-refractivity contribution in [3.63, 3.8) is 0 Å². The number of alkyl halides is 3. The molecule has 2 aromatic heterocycles. The molecule has 0 N–H and O–H groups in total. The molecule has 6 nitrogen and oxygen atoms in total. The number of halogens is 3. The molecule has 0 aliphatic rings. The zero-order valence-corrected chi connectivity index (χ0v) is 8.82. The number of hydrogen-bond acceptors (Lipinski definition) is 4. The fourth-order valence-corrected chi connectivity index (χ4v) is 1.35. The van der Waals surface area contributed by atoms with Gasteiger partial charge in [0.2, 0.25) is 5.82 Å². The molecule has 2 aromatic rings. The highest BCUT2D eigenvalue weighted by Crippen LogP contribution is 2.30. The minimum Gasteiger partial charge on any atom is -0.295 e. The van der Waals surface area contributed by atoms with E-state index in [1.54, 1.807) is 0 Å². The topological polar surface area (TPSA) is 65.8 Å². The Hall–Kier alpha value is -2.06. The maximum Gasteiger partial charge on any atom is 0.441 e. The van der Waals surface area contributed by atoms with Crippen LogP contribution in [0.5, 0.6) is 0 Å². The van der Waals surface area contributed by atoms with E-state index in [1.807, 2.05) is 0 Å². The highest BCUT2D eigenvalue weighted by Gasteiger charge is 2.35. The molecule has 0 atom stereocenters. The first-order valence-corrected chi connectivity index (χ1v) is 4.45. The van der Waals surface area contributed by atoms with Crippen LogP contribution in [0, 0.1) is 0 Å². The monoisotopic (exact) mass is 248 g/mol. The van der Waals surface area contributed by atoms with Crippen LogP contribution in [0.3, 0.4) is 0 Å². The lowest BCUT2D eigenvalue weighted by Crippen LogP contribution is -2.11. The molecular weight excluding hydrogens is 241 g/mol. The highest BCUT2D eigenvalue weighted by molar-refractivity contribution is 5.49. The zero-order chi connectivity index (χ0) is 12.8. The maximum atomic E-state index is 12.5. The van der Waals surface area contributed by atoms with Gasteiger partial charge in [0.25, 0.3) is 0 Å². The van der Waals surface area contributed by atoms with Crippen LogP contribution in [0.25, 0.3) is 11.5 Å². The van der Waals surface area contributed by atoms with Crippen molar-refractivity contribution in [1.82, 2.24) is 19.5 Å². The number of hydrogen-bond donors (Lipinski definition) is 0. The van der Waals surface area contributed by atoms with Gasteiger partial charge in [-0.05, 0) is 6.07 Å². The van der Waals surface area contributed by atoms with Crippen LogP contribution in [-0.4, -0.2) is 19.5 Å². The van der Waals surface area contributed by atoms with Gasteiger partial charge in [0.05, 0.1) is 0 Å². The van der Waals surface area contributed by atoms with Crippen LogP contribution >= 0.6 is 0 Å².